The van der Waals surface area contributed by atoms with Crippen LogP contribution < -0.4 is 5.73 Å². The first-order valence-corrected chi connectivity index (χ1v) is 6.94. The maximum atomic E-state index is 12.4. The molecule has 1 aliphatic rings. The molecule has 0 unspecified atom stereocenters. The number of hydrogen-bond acceptors (Lipinski definition) is 5. The van der Waals surface area contributed by atoms with Crippen LogP contribution in [0.4, 0.5) is 5.82 Å². The summed E-state index contributed by atoms with van der Waals surface area (Å²) in [5.74, 6) is 1.79. The Bertz CT molecular complexity index is 680. The third-order valence-corrected chi connectivity index (χ3v) is 3.48. The van der Waals surface area contributed by atoms with Crippen LogP contribution in [0.25, 0.3) is 0 Å². The van der Waals surface area contributed by atoms with Crippen molar-refractivity contribution in [2.45, 2.75) is 39.2 Å². The van der Waals surface area contributed by atoms with Crippen molar-refractivity contribution < 1.29 is 9.21 Å². The Kier molecular flexibility index (Phi) is 3.00. The van der Waals surface area contributed by atoms with Crippen molar-refractivity contribution in [2.75, 3.05) is 12.3 Å². The molecule has 3 N–H and O–H groups in total. The van der Waals surface area contributed by atoms with Crippen LogP contribution in [0.5, 0.6) is 0 Å². The van der Waals surface area contributed by atoms with E-state index in [1.807, 2.05) is 0 Å². The van der Waals surface area contributed by atoms with Crippen molar-refractivity contribution in [3.05, 3.63) is 29.1 Å². The van der Waals surface area contributed by atoms with Gasteiger partial charge >= 0.3 is 0 Å². The topological polar surface area (TPSA) is 101 Å². The molecule has 7 nitrogen and oxygen atoms in total. The van der Waals surface area contributed by atoms with Crippen molar-refractivity contribution >= 4 is 11.7 Å². The Morgan fingerprint density at radius 2 is 2.24 bits per heavy atom. The van der Waals surface area contributed by atoms with E-state index in [1.54, 1.807) is 11.0 Å². The monoisotopic (exact) mass is 289 g/mol. The molecular weight excluding hydrogens is 270 g/mol. The summed E-state index contributed by atoms with van der Waals surface area (Å²) in [5, 5.41) is 6.43. The lowest BCUT2D eigenvalue weighted by Gasteiger charge is -2.24. The zero-order chi connectivity index (χ0) is 15.2. The van der Waals surface area contributed by atoms with Gasteiger partial charge in [-0.1, -0.05) is 20.8 Å². The molecule has 0 fully saturated rings. The molecule has 0 bridgehead atoms. The third kappa shape index (κ3) is 2.51. The van der Waals surface area contributed by atoms with Crippen LogP contribution in [-0.4, -0.2) is 32.5 Å². The summed E-state index contributed by atoms with van der Waals surface area (Å²) >= 11 is 0. The molecule has 0 spiro atoms. The predicted molar refractivity (Wildman–Crippen MR) is 76.6 cm³/mol. The minimum Gasteiger partial charge on any atom is -0.445 e. The average Bonchev–Trinajstić information content (AvgIpc) is 3.02. The minimum absolute atomic E-state index is 0.120. The molecule has 1 aliphatic heterocycles. The first-order valence-electron chi connectivity index (χ1n) is 6.94. The Morgan fingerprint density at radius 1 is 1.48 bits per heavy atom. The average molecular weight is 289 g/mol. The Labute approximate surface area is 122 Å². The van der Waals surface area contributed by atoms with Gasteiger partial charge in [0.1, 0.15) is 23.0 Å². The third-order valence-electron chi connectivity index (χ3n) is 3.48. The molecule has 112 valence electrons. The zero-order valence-electron chi connectivity index (χ0n) is 12.4. The van der Waals surface area contributed by atoms with E-state index < -0.39 is 0 Å². The summed E-state index contributed by atoms with van der Waals surface area (Å²) in [6.07, 6.45) is 0.674. The quantitative estimate of drug-likeness (QED) is 0.828. The van der Waals surface area contributed by atoms with E-state index in [2.05, 4.69) is 36.0 Å². The molecule has 0 saturated carbocycles. The van der Waals surface area contributed by atoms with Gasteiger partial charge in [0.25, 0.3) is 5.91 Å². The highest BCUT2D eigenvalue weighted by Gasteiger charge is 2.29. The van der Waals surface area contributed by atoms with Crippen LogP contribution in [0.1, 0.15) is 48.6 Å². The maximum Gasteiger partial charge on any atom is 0.272 e. The van der Waals surface area contributed by atoms with Crippen LogP contribution in [0.2, 0.25) is 0 Å². The number of nitrogens with one attached hydrogen (secondary N) is 1. The number of nitrogen functional groups attached to an aromatic ring is 1. The van der Waals surface area contributed by atoms with Gasteiger partial charge in [-0.25, -0.2) is 4.98 Å². The smallest absolute Gasteiger partial charge is 0.272 e. The number of rotatable bonds is 1. The van der Waals surface area contributed by atoms with E-state index >= 15 is 0 Å². The highest BCUT2D eigenvalue weighted by Crippen LogP contribution is 2.27. The predicted octanol–water partition coefficient (Wildman–Crippen LogP) is 1.48. The molecule has 3 heterocycles. The number of aromatic amines is 1. The van der Waals surface area contributed by atoms with Crippen molar-refractivity contribution in [1.29, 1.82) is 0 Å². The zero-order valence-corrected chi connectivity index (χ0v) is 12.4. The number of fused-ring (bicyclic) bond motifs is 1. The van der Waals surface area contributed by atoms with Gasteiger partial charge in [0.15, 0.2) is 5.89 Å². The molecule has 2 aromatic rings. The van der Waals surface area contributed by atoms with Gasteiger partial charge in [0, 0.05) is 24.4 Å². The second kappa shape index (κ2) is 4.61. The first-order chi connectivity index (χ1) is 9.84. The molecule has 0 radical (unpaired) electrons. The lowest BCUT2D eigenvalue weighted by molar-refractivity contribution is 0.0721. The van der Waals surface area contributed by atoms with E-state index in [-0.39, 0.29) is 11.3 Å². The lowest BCUT2D eigenvalue weighted by atomic mass is 9.97. The van der Waals surface area contributed by atoms with Crippen molar-refractivity contribution in [2.24, 2.45) is 0 Å². The van der Waals surface area contributed by atoms with E-state index in [9.17, 15) is 4.79 Å². The number of aromatic nitrogens is 3. The molecular formula is C14H19N5O2. The van der Waals surface area contributed by atoms with E-state index in [0.717, 1.165) is 11.5 Å². The Balaban J connectivity index is 1.81. The number of carbonyl (C=O) groups is 1. The van der Waals surface area contributed by atoms with E-state index in [0.29, 0.717) is 36.9 Å². The number of anilines is 1. The molecule has 0 aliphatic carbocycles. The van der Waals surface area contributed by atoms with Crippen LogP contribution in [0, 0.1) is 0 Å². The fraction of sp³-hybridized carbons (Fsp3) is 0.500. The molecule has 1 amide bonds. The van der Waals surface area contributed by atoms with E-state index in [1.165, 1.54) is 0 Å². The van der Waals surface area contributed by atoms with Gasteiger partial charge in [-0.15, -0.1) is 0 Å². The van der Waals surface area contributed by atoms with Gasteiger partial charge in [0.05, 0.1) is 6.54 Å². The number of oxazole rings is 1. The Hall–Kier alpha value is -2.31. The van der Waals surface area contributed by atoms with Crippen LogP contribution in [0.3, 0.4) is 0 Å². The van der Waals surface area contributed by atoms with E-state index in [4.69, 9.17) is 10.2 Å². The summed E-state index contributed by atoms with van der Waals surface area (Å²) in [6.45, 7) is 7.22. The number of H-pyrrole nitrogens is 1. The summed E-state index contributed by atoms with van der Waals surface area (Å²) < 4.78 is 5.82. The standard InChI is InChI=1S/C14H19N5O2/c1-14(2,3)13-16-9-7-19(5-4-10(9)21-13)12(20)8-6-11(15)18-17-8/h6H,4-5,7H2,1-3H3,(H3,15,17,18). The fourth-order valence-electron chi connectivity index (χ4n) is 2.31. The van der Waals surface area contributed by atoms with Gasteiger partial charge in [-0.3, -0.25) is 9.89 Å². The van der Waals surface area contributed by atoms with Crippen molar-refractivity contribution in [3.8, 4) is 0 Å². The second-order valence-corrected chi connectivity index (χ2v) is 6.32. The summed E-state index contributed by atoms with van der Waals surface area (Å²) in [5.41, 5.74) is 6.64. The molecule has 3 rings (SSSR count). The van der Waals surface area contributed by atoms with Crippen molar-refractivity contribution in [3.63, 3.8) is 0 Å². The first kappa shape index (κ1) is 13.7. The van der Waals surface area contributed by atoms with Crippen LogP contribution in [-0.2, 0) is 18.4 Å². The summed E-state index contributed by atoms with van der Waals surface area (Å²) in [7, 11) is 0. The van der Waals surface area contributed by atoms with Gasteiger partial charge in [-0.2, -0.15) is 5.10 Å². The maximum absolute atomic E-state index is 12.4. The number of carbonyl (C=O) groups excluding carboxylic acids is 1. The van der Waals surface area contributed by atoms with Gasteiger partial charge < -0.3 is 15.1 Å². The number of nitrogens with zero attached hydrogens (tertiary/aromatic N) is 3. The normalized spacial score (nSPS) is 15.1. The van der Waals surface area contributed by atoms with Gasteiger partial charge in [-0.05, 0) is 0 Å². The second-order valence-electron chi connectivity index (χ2n) is 6.32. The number of amides is 1. The molecule has 2 aromatic heterocycles. The van der Waals surface area contributed by atoms with Crippen molar-refractivity contribution in [1.82, 2.24) is 20.1 Å². The summed E-state index contributed by atoms with van der Waals surface area (Å²) in [6, 6.07) is 1.54. The molecule has 7 heteroatoms. The van der Waals surface area contributed by atoms with Gasteiger partial charge in [0.2, 0.25) is 0 Å². The minimum atomic E-state index is -0.135. The fourth-order valence-corrected chi connectivity index (χ4v) is 2.31. The molecule has 0 aromatic carbocycles. The largest absolute Gasteiger partial charge is 0.445 e. The SMILES string of the molecule is CC(C)(C)c1nc2c(o1)CCN(C(=O)c1cc(N)n[nH]1)C2. The lowest BCUT2D eigenvalue weighted by Crippen LogP contribution is -2.36. The highest BCUT2D eigenvalue weighted by atomic mass is 16.4. The Morgan fingerprint density at radius 3 is 2.86 bits per heavy atom. The molecule has 0 atom stereocenters. The summed E-state index contributed by atoms with van der Waals surface area (Å²) in [4.78, 5) is 18.6. The van der Waals surface area contributed by atoms with Crippen LogP contribution in [0.15, 0.2) is 10.5 Å². The highest BCUT2D eigenvalue weighted by molar-refractivity contribution is 5.93. The molecule has 0 saturated heterocycles. The van der Waals surface area contributed by atoms with Crippen LogP contribution >= 0.6 is 0 Å². The number of nitrogens with two attached hydrogens (primary N) is 1. The molecule has 21 heavy (non-hydrogen) atoms. The number of hydrogen-bond donors (Lipinski definition) is 2.